The lowest BCUT2D eigenvalue weighted by Crippen LogP contribution is -1.88. The molecular weight excluding hydrogens is 202 g/mol. The van der Waals surface area contributed by atoms with Crippen molar-refractivity contribution in [2.75, 3.05) is 6.61 Å². The van der Waals surface area contributed by atoms with Gasteiger partial charge in [0.2, 0.25) is 0 Å². The van der Waals surface area contributed by atoms with Crippen molar-refractivity contribution in [2.24, 2.45) is 0 Å². The van der Waals surface area contributed by atoms with Crippen molar-refractivity contribution in [2.45, 2.75) is 13.3 Å². The molecule has 7 heteroatoms. The maximum absolute atomic E-state index is 9.86. The molecule has 0 radical (unpaired) electrons. The summed E-state index contributed by atoms with van der Waals surface area (Å²) in [7, 11) is -4.18. The van der Waals surface area contributed by atoms with Crippen LogP contribution in [-0.4, -0.2) is 16.4 Å². The van der Waals surface area contributed by atoms with Crippen LogP contribution >= 0.6 is 32.6 Å². The van der Waals surface area contributed by atoms with Crippen molar-refractivity contribution >= 4 is 32.6 Å². The van der Waals surface area contributed by atoms with Gasteiger partial charge in [0.1, 0.15) is 0 Å². The van der Waals surface area contributed by atoms with Gasteiger partial charge in [-0.15, -0.1) is 24.8 Å². The van der Waals surface area contributed by atoms with Crippen molar-refractivity contribution in [1.29, 1.82) is 0 Å². The predicted octanol–water partition coefficient (Wildman–Crippen LogP) is 1.35. The molecule has 66 valence electrons. The van der Waals surface area contributed by atoms with E-state index in [9.17, 15) is 4.57 Å². The highest BCUT2D eigenvalue weighted by atomic mass is 35.5. The molecule has 10 heavy (non-hydrogen) atoms. The molecule has 0 atom stereocenters. The van der Waals surface area contributed by atoms with Gasteiger partial charge in [-0.2, -0.15) is 0 Å². The summed E-state index contributed by atoms with van der Waals surface area (Å²) in [5.74, 6) is 0. The first-order chi connectivity index (χ1) is 3.56. The summed E-state index contributed by atoms with van der Waals surface area (Å²) in [6.07, 6.45) is 0.616. The standard InChI is InChI=1S/C3H9O4P.2ClH/c1-2-3-7-8(4,5)6;;/h2-3H2,1H3,(H2,4,5,6);2*1H. The van der Waals surface area contributed by atoms with E-state index in [2.05, 4.69) is 4.52 Å². The number of phosphoric ester groups is 1. The largest absolute Gasteiger partial charge is 0.469 e. The molecule has 0 unspecified atom stereocenters. The molecule has 0 rings (SSSR count). The number of hydrogen-bond donors (Lipinski definition) is 2. The molecule has 0 amide bonds. The molecule has 0 aromatic rings. The smallest absolute Gasteiger partial charge is 0.303 e. The lowest BCUT2D eigenvalue weighted by molar-refractivity contribution is 0.197. The Bertz CT molecular complexity index is 103. The Morgan fingerprint density at radius 3 is 1.90 bits per heavy atom. The molecule has 0 aromatic heterocycles. The second kappa shape index (κ2) is 7.79. The third kappa shape index (κ3) is 15.9. The molecule has 0 saturated heterocycles. The fourth-order valence-corrected chi connectivity index (χ4v) is 0.631. The summed E-state index contributed by atoms with van der Waals surface area (Å²) < 4.78 is 13.9. The van der Waals surface area contributed by atoms with Crippen LogP contribution in [0.4, 0.5) is 0 Å². The topological polar surface area (TPSA) is 66.8 Å². The Morgan fingerprint density at radius 2 is 1.80 bits per heavy atom. The van der Waals surface area contributed by atoms with Crippen molar-refractivity contribution in [3.8, 4) is 0 Å². The Hall–Kier alpha value is 0.690. The molecule has 0 fully saturated rings. The van der Waals surface area contributed by atoms with Gasteiger partial charge in [0, 0.05) is 0 Å². The minimum absolute atomic E-state index is 0. The average molecular weight is 213 g/mol. The Labute approximate surface area is 72.0 Å². The van der Waals surface area contributed by atoms with E-state index in [-0.39, 0.29) is 31.4 Å². The molecule has 0 aromatic carbocycles. The summed E-state index contributed by atoms with van der Waals surface area (Å²) in [5, 5.41) is 0. The fourth-order valence-electron chi connectivity index (χ4n) is 0.210. The van der Waals surface area contributed by atoms with E-state index in [1.165, 1.54) is 0 Å². The first-order valence-electron chi connectivity index (χ1n) is 2.26. The Balaban J connectivity index is -0.000000245. The first-order valence-corrected chi connectivity index (χ1v) is 3.79. The van der Waals surface area contributed by atoms with Crippen LogP contribution in [0.1, 0.15) is 13.3 Å². The average Bonchev–Trinajstić information content (AvgIpc) is 1.59. The van der Waals surface area contributed by atoms with Crippen LogP contribution in [0.3, 0.4) is 0 Å². The summed E-state index contributed by atoms with van der Waals surface area (Å²) >= 11 is 0. The van der Waals surface area contributed by atoms with E-state index in [1.807, 2.05) is 0 Å². The molecule has 4 nitrogen and oxygen atoms in total. The van der Waals surface area contributed by atoms with Crippen LogP contribution in [0.5, 0.6) is 0 Å². The van der Waals surface area contributed by atoms with Crippen LogP contribution in [0.2, 0.25) is 0 Å². The van der Waals surface area contributed by atoms with Gasteiger partial charge in [-0.3, -0.25) is 4.52 Å². The summed E-state index contributed by atoms with van der Waals surface area (Å²) in [4.78, 5) is 16.1. The first kappa shape index (κ1) is 17.0. The zero-order valence-electron chi connectivity index (χ0n) is 5.39. The molecule has 0 spiro atoms. The second-order valence-corrected chi connectivity index (χ2v) is 2.56. The van der Waals surface area contributed by atoms with Crippen molar-refractivity contribution in [3.05, 3.63) is 0 Å². The normalized spacial score (nSPS) is 9.50. The number of hydrogen-bond acceptors (Lipinski definition) is 2. The van der Waals surface area contributed by atoms with E-state index in [1.54, 1.807) is 6.92 Å². The van der Waals surface area contributed by atoms with E-state index in [0.29, 0.717) is 6.42 Å². The van der Waals surface area contributed by atoms with E-state index < -0.39 is 7.82 Å². The zero-order valence-corrected chi connectivity index (χ0v) is 7.92. The lowest BCUT2D eigenvalue weighted by atomic mass is 10.5. The van der Waals surface area contributed by atoms with Gasteiger partial charge in [0.25, 0.3) is 0 Å². The summed E-state index contributed by atoms with van der Waals surface area (Å²) in [6, 6.07) is 0. The van der Waals surface area contributed by atoms with Crippen LogP contribution in [0.25, 0.3) is 0 Å². The molecule has 0 bridgehead atoms. The molecule has 0 aliphatic rings. The van der Waals surface area contributed by atoms with E-state index in [0.717, 1.165) is 0 Å². The van der Waals surface area contributed by atoms with Gasteiger partial charge in [0.15, 0.2) is 0 Å². The van der Waals surface area contributed by atoms with Crippen LogP contribution in [0, 0.1) is 0 Å². The Kier molecular flexibility index (Phi) is 13.2. The minimum atomic E-state index is -4.18. The number of phosphoric acid groups is 1. The third-order valence-electron chi connectivity index (χ3n) is 0.464. The van der Waals surface area contributed by atoms with Gasteiger partial charge >= 0.3 is 7.82 Å². The fraction of sp³-hybridized carbons (Fsp3) is 1.00. The highest BCUT2D eigenvalue weighted by molar-refractivity contribution is 7.46. The number of rotatable bonds is 3. The molecule has 0 aliphatic heterocycles. The SMILES string of the molecule is CCCOP(=O)(O)O.Cl.Cl. The molecule has 0 aliphatic carbocycles. The van der Waals surface area contributed by atoms with Gasteiger partial charge in [0.05, 0.1) is 6.61 Å². The summed E-state index contributed by atoms with van der Waals surface area (Å²) in [6.45, 7) is 1.89. The van der Waals surface area contributed by atoms with Crippen LogP contribution in [0.15, 0.2) is 0 Å². The van der Waals surface area contributed by atoms with Gasteiger partial charge in [-0.05, 0) is 6.42 Å². The van der Waals surface area contributed by atoms with Crippen molar-refractivity contribution < 1.29 is 18.9 Å². The van der Waals surface area contributed by atoms with E-state index in [4.69, 9.17) is 9.79 Å². The predicted molar refractivity (Wildman–Crippen MR) is 42.8 cm³/mol. The maximum atomic E-state index is 9.86. The Morgan fingerprint density at radius 1 is 1.40 bits per heavy atom. The summed E-state index contributed by atoms with van der Waals surface area (Å²) in [5.41, 5.74) is 0. The quantitative estimate of drug-likeness (QED) is 0.694. The lowest BCUT2D eigenvalue weighted by Gasteiger charge is -2.00. The third-order valence-corrected chi connectivity index (χ3v) is 0.983. The molecule has 0 heterocycles. The van der Waals surface area contributed by atoms with E-state index >= 15 is 0 Å². The van der Waals surface area contributed by atoms with Gasteiger partial charge in [-0.1, -0.05) is 6.92 Å². The highest BCUT2D eigenvalue weighted by Gasteiger charge is 2.11. The monoisotopic (exact) mass is 212 g/mol. The van der Waals surface area contributed by atoms with Crippen LogP contribution < -0.4 is 0 Å². The minimum Gasteiger partial charge on any atom is -0.303 e. The van der Waals surface area contributed by atoms with Crippen LogP contribution in [-0.2, 0) is 9.09 Å². The van der Waals surface area contributed by atoms with Crippen molar-refractivity contribution in [3.63, 3.8) is 0 Å². The zero-order chi connectivity index (χ0) is 6.62. The molecule has 2 N–H and O–H groups in total. The van der Waals surface area contributed by atoms with Gasteiger partial charge in [-0.25, -0.2) is 4.57 Å². The highest BCUT2D eigenvalue weighted by Crippen LogP contribution is 2.35. The van der Waals surface area contributed by atoms with Crippen molar-refractivity contribution in [1.82, 2.24) is 0 Å². The van der Waals surface area contributed by atoms with Gasteiger partial charge < -0.3 is 9.79 Å². The molecular formula is C3H11Cl2O4P. The maximum Gasteiger partial charge on any atom is 0.469 e. The molecule has 0 saturated carbocycles. The second-order valence-electron chi connectivity index (χ2n) is 1.32. The number of halogens is 2.